The molecule has 0 saturated carbocycles. The number of aryl methyl sites for hydroxylation is 1. The summed E-state index contributed by atoms with van der Waals surface area (Å²) in [7, 11) is -2.14. The predicted octanol–water partition coefficient (Wildman–Crippen LogP) is 3.28. The molecule has 0 radical (unpaired) electrons. The molecule has 6 nitrogen and oxygen atoms in total. The van der Waals surface area contributed by atoms with Crippen LogP contribution < -0.4 is 10.1 Å². The molecule has 1 amide bonds. The van der Waals surface area contributed by atoms with Crippen LogP contribution in [0.3, 0.4) is 0 Å². The van der Waals surface area contributed by atoms with E-state index < -0.39 is 10.0 Å². The van der Waals surface area contributed by atoms with E-state index in [1.165, 1.54) is 29.6 Å². The number of carbonyl (C=O) groups excluding carboxylic acids is 1. The van der Waals surface area contributed by atoms with E-state index >= 15 is 0 Å². The molecule has 1 N–H and O–H groups in total. The molecule has 28 heavy (non-hydrogen) atoms. The highest BCUT2D eigenvalue weighted by Gasteiger charge is 2.28. The van der Waals surface area contributed by atoms with E-state index in [0.29, 0.717) is 18.8 Å². The van der Waals surface area contributed by atoms with Crippen molar-refractivity contribution in [2.75, 3.05) is 20.2 Å². The van der Waals surface area contributed by atoms with Gasteiger partial charge in [0.15, 0.2) is 0 Å². The highest BCUT2D eigenvalue weighted by atomic mass is 32.2. The van der Waals surface area contributed by atoms with Gasteiger partial charge in [0, 0.05) is 13.1 Å². The van der Waals surface area contributed by atoms with Gasteiger partial charge in [-0.25, -0.2) is 8.42 Å². The molecule has 3 rings (SSSR count). The second-order valence-electron chi connectivity index (χ2n) is 7.08. The number of nitrogens with zero attached hydrogens (tertiary/aromatic N) is 1. The lowest BCUT2D eigenvalue weighted by molar-refractivity contribution is 0.0936. The molecule has 1 saturated heterocycles. The summed E-state index contributed by atoms with van der Waals surface area (Å²) in [5, 5.41) is 2.93. The molecular formula is C21H26N2O4S. The van der Waals surface area contributed by atoms with Crippen LogP contribution in [0.4, 0.5) is 0 Å². The SMILES string of the molecule is COc1ccc(S(=O)(=O)N2CCCC2)cc1C(=O)N[C@@H](C)c1ccc(C)cc1. The fourth-order valence-corrected chi connectivity index (χ4v) is 4.86. The number of rotatable bonds is 6. The summed E-state index contributed by atoms with van der Waals surface area (Å²) in [6.07, 6.45) is 1.72. The van der Waals surface area contributed by atoms with Crippen molar-refractivity contribution in [1.29, 1.82) is 0 Å². The number of sulfonamides is 1. The average molecular weight is 403 g/mol. The van der Waals surface area contributed by atoms with E-state index in [-0.39, 0.29) is 22.4 Å². The number of amides is 1. The number of methoxy groups -OCH3 is 1. The molecule has 0 aromatic heterocycles. The smallest absolute Gasteiger partial charge is 0.255 e. The zero-order valence-corrected chi connectivity index (χ0v) is 17.3. The minimum Gasteiger partial charge on any atom is -0.496 e. The number of nitrogens with one attached hydrogen (secondary N) is 1. The van der Waals surface area contributed by atoms with Gasteiger partial charge in [-0.1, -0.05) is 29.8 Å². The van der Waals surface area contributed by atoms with Crippen LogP contribution >= 0.6 is 0 Å². The molecule has 1 aliphatic heterocycles. The van der Waals surface area contributed by atoms with Crippen molar-refractivity contribution in [2.45, 2.75) is 37.6 Å². The number of ether oxygens (including phenoxy) is 1. The van der Waals surface area contributed by atoms with Crippen molar-refractivity contribution < 1.29 is 17.9 Å². The van der Waals surface area contributed by atoms with Crippen molar-refractivity contribution >= 4 is 15.9 Å². The molecule has 2 aromatic rings. The van der Waals surface area contributed by atoms with E-state index in [4.69, 9.17) is 4.74 Å². The fourth-order valence-electron chi connectivity index (χ4n) is 3.32. The van der Waals surface area contributed by atoms with E-state index in [0.717, 1.165) is 24.0 Å². The summed E-state index contributed by atoms with van der Waals surface area (Å²) in [5.74, 6) is -0.0302. The van der Waals surface area contributed by atoms with E-state index in [1.54, 1.807) is 0 Å². The Bertz CT molecular complexity index is 949. The number of hydrogen-bond donors (Lipinski definition) is 1. The number of benzene rings is 2. The maximum Gasteiger partial charge on any atom is 0.255 e. The monoisotopic (exact) mass is 402 g/mol. The maximum atomic E-state index is 12.9. The van der Waals surface area contributed by atoms with Gasteiger partial charge in [0.1, 0.15) is 5.75 Å². The number of hydrogen-bond acceptors (Lipinski definition) is 4. The summed E-state index contributed by atoms with van der Waals surface area (Å²) in [6, 6.07) is 12.1. The lowest BCUT2D eigenvalue weighted by Crippen LogP contribution is -2.29. The third kappa shape index (κ3) is 4.20. The first-order chi connectivity index (χ1) is 13.3. The quantitative estimate of drug-likeness (QED) is 0.805. The molecule has 2 aromatic carbocycles. The van der Waals surface area contributed by atoms with Crippen molar-refractivity contribution in [1.82, 2.24) is 9.62 Å². The van der Waals surface area contributed by atoms with Crippen molar-refractivity contribution in [2.24, 2.45) is 0 Å². The second kappa shape index (κ2) is 8.32. The summed E-state index contributed by atoms with van der Waals surface area (Å²) in [5.41, 5.74) is 2.32. The van der Waals surface area contributed by atoms with Gasteiger partial charge < -0.3 is 10.1 Å². The van der Waals surface area contributed by atoms with E-state index in [2.05, 4.69) is 5.32 Å². The lowest BCUT2D eigenvalue weighted by atomic mass is 10.1. The van der Waals surface area contributed by atoms with Crippen LogP contribution in [0.15, 0.2) is 47.4 Å². The summed E-state index contributed by atoms with van der Waals surface area (Å²) in [6.45, 7) is 4.92. The van der Waals surface area contributed by atoms with Gasteiger partial charge >= 0.3 is 0 Å². The van der Waals surface area contributed by atoms with E-state index in [1.807, 2.05) is 38.1 Å². The zero-order chi connectivity index (χ0) is 20.3. The summed E-state index contributed by atoms with van der Waals surface area (Å²) < 4.78 is 32.4. The first-order valence-corrected chi connectivity index (χ1v) is 10.8. The topological polar surface area (TPSA) is 75.7 Å². The summed E-state index contributed by atoms with van der Waals surface area (Å²) >= 11 is 0. The third-order valence-electron chi connectivity index (χ3n) is 5.04. The van der Waals surface area contributed by atoms with Gasteiger partial charge in [-0.2, -0.15) is 4.31 Å². The summed E-state index contributed by atoms with van der Waals surface area (Å²) in [4.78, 5) is 13.0. The minimum absolute atomic E-state index is 0.114. The largest absolute Gasteiger partial charge is 0.496 e. The molecule has 1 heterocycles. The Kier molecular flexibility index (Phi) is 6.05. The normalized spacial score (nSPS) is 16.0. The van der Waals surface area contributed by atoms with Crippen molar-refractivity contribution in [3.8, 4) is 5.75 Å². The van der Waals surface area contributed by atoms with Crippen LogP contribution in [0.2, 0.25) is 0 Å². The van der Waals surface area contributed by atoms with Gasteiger partial charge in [-0.15, -0.1) is 0 Å². The highest BCUT2D eigenvalue weighted by Crippen LogP contribution is 2.27. The molecule has 0 aliphatic carbocycles. The van der Waals surface area contributed by atoms with Crippen LogP contribution in [0, 0.1) is 6.92 Å². The molecule has 1 atom stereocenters. The molecule has 0 spiro atoms. The Morgan fingerprint density at radius 1 is 1.11 bits per heavy atom. The van der Waals surface area contributed by atoms with Gasteiger partial charge in [0.2, 0.25) is 10.0 Å². The molecule has 1 aliphatic rings. The van der Waals surface area contributed by atoms with Crippen molar-refractivity contribution in [3.05, 3.63) is 59.2 Å². The van der Waals surface area contributed by atoms with Gasteiger partial charge in [-0.05, 0) is 50.5 Å². The van der Waals surface area contributed by atoms with E-state index in [9.17, 15) is 13.2 Å². The first-order valence-electron chi connectivity index (χ1n) is 9.38. The Labute approximate surface area is 166 Å². The van der Waals surface area contributed by atoms with Gasteiger partial charge in [0.05, 0.1) is 23.6 Å². The van der Waals surface area contributed by atoms with Gasteiger partial charge in [-0.3, -0.25) is 4.79 Å². The van der Waals surface area contributed by atoms with Crippen LogP contribution in [0.25, 0.3) is 0 Å². The maximum absolute atomic E-state index is 12.9. The highest BCUT2D eigenvalue weighted by molar-refractivity contribution is 7.89. The molecule has 1 fully saturated rings. The minimum atomic E-state index is -3.61. The standard InChI is InChI=1S/C21H26N2O4S/c1-15-6-8-17(9-7-15)16(2)22-21(24)19-14-18(10-11-20(19)27-3)28(25,26)23-12-4-5-13-23/h6-11,14,16H,4-5,12-13H2,1-3H3,(H,22,24)/t16-/m0/s1. The van der Waals surface area contributed by atoms with Crippen LogP contribution in [0.1, 0.15) is 47.3 Å². The molecule has 150 valence electrons. The van der Waals surface area contributed by atoms with Gasteiger partial charge in [0.25, 0.3) is 5.91 Å². The Balaban J connectivity index is 1.87. The Morgan fingerprint density at radius 2 is 1.75 bits per heavy atom. The second-order valence-corrected chi connectivity index (χ2v) is 9.02. The number of carbonyl (C=O) groups is 1. The Morgan fingerprint density at radius 3 is 2.36 bits per heavy atom. The lowest BCUT2D eigenvalue weighted by Gasteiger charge is -2.18. The van der Waals surface area contributed by atoms with Crippen LogP contribution in [-0.2, 0) is 10.0 Å². The third-order valence-corrected chi connectivity index (χ3v) is 6.94. The van der Waals surface area contributed by atoms with Crippen LogP contribution in [-0.4, -0.2) is 38.8 Å². The fraction of sp³-hybridized carbons (Fsp3) is 0.381. The predicted molar refractivity (Wildman–Crippen MR) is 108 cm³/mol. The first kappa shape index (κ1) is 20.4. The molecule has 0 unspecified atom stereocenters. The Hall–Kier alpha value is -2.38. The molecular weight excluding hydrogens is 376 g/mol. The van der Waals surface area contributed by atoms with Crippen molar-refractivity contribution in [3.63, 3.8) is 0 Å². The molecule has 7 heteroatoms. The van der Waals surface area contributed by atoms with Crippen LogP contribution in [0.5, 0.6) is 5.75 Å². The zero-order valence-electron chi connectivity index (χ0n) is 16.4. The average Bonchev–Trinajstić information content (AvgIpc) is 3.23. The molecule has 0 bridgehead atoms.